The number of piperidine rings is 1. The fourth-order valence-electron chi connectivity index (χ4n) is 4.91. The Kier molecular flexibility index (Phi) is 6.81. The predicted octanol–water partition coefficient (Wildman–Crippen LogP) is 4.86. The van der Waals surface area contributed by atoms with E-state index in [1.165, 1.54) is 23.3 Å². The Morgan fingerprint density at radius 3 is 2.66 bits per heavy atom. The van der Waals surface area contributed by atoms with E-state index < -0.39 is 6.16 Å². The number of methoxy groups -OCH3 is 2. The van der Waals surface area contributed by atoms with E-state index in [0.717, 1.165) is 34.4 Å². The van der Waals surface area contributed by atoms with Crippen LogP contribution in [0.2, 0.25) is 0 Å². The maximum Gasteiger partial charge on any atom is 0.506 e. The van der Waals surface area contributed by atoms with Gasteiger partial charge in [0, 0.05) is 37.4 Å². The number of thiophene rings is 1. The lowest BCUT2D eigenvalue weighted by atomic mass is 9.97. The Labute approximate surface area is 208 Å². The number of nitrogens with one attached hydrogen (secondary N) is 1. The van der Waals surface area contributed by atoms with Crippen LogP contribution in [0.1, 0.15) is 41.7 Å². The van der Waals surface area contributed by atoms with Crippen LogP contribution in [0.3, 0.4) is 0 Å². The monoisotopic (exact) mass is 498 g/mol. The number of aromatic nitrogens is 2. The Bertz CT molecular complexity index is 1220. The first-order valence-electron chi connectivity index (χ1n) is 12.0. The number of rotatable bonds is 7. The van der Waals surface area contributed by atoms with Gasteiger partial charge in [0.25, 0.3) is 0 Å². The fourth-order valence-corrected chi connectivity index (χ4v) is 6.16. The van der Waals surface area contributed by atoms with Crippen molar-refractivity contribution in [2.45, 2.75) is 51.2 Å². The molecule has 2 aromatic heterocycles. The molecule has 1 aliphatic carbocycles. The van der Waals surface area contributed by atoms with E-state index >= 15 is 0 Å². The maximum atomic E-state index is 10.9. The van der Waals surface area contributed by atoms with Crippen LogP contribution in [-0.2, 0) is 24.1 Å². The second-order valence-corrected chi connectivity index (χ2v) is 9.96. The lowest BCUT2D eigenvalue weighted by Gasteiger charge is -2.31. The molecular formula is C25H30N4O5S. The minimum Gasteiger partial charge on any atom is -0.493 e. The zero-order valence-electron chi connectivity index (χ0n) is 20.0. The molecule has 35 heavy (non-hydrogen) atoms. The Morgan fingerprint density at radius 1 is 1.14 bits per heavy atom. The lowest BCUT2D eigenvalue weighted by Crippen LogP contribution is -2.38. The summed E-state index contributed by atoms with van der Waals surface area (Å²) in [7, 11) is 3.27. The van der Waals surface area contributed by atoms with Gasteiger partial charge in [0.1, 0.15) is 16.8 Å². The van der Waals surface area contributed by atoms with Gasteiger partial charge in [-0.2, -0.15) is 4.98 Å². The molecule has 1 saturated heterocycles. The van der Waals surface area contributed by atoms with Crippen LogP contribution in [-0.4, -0.2) is 54.6 Å². The molecule has 2 aliphatic rings. The number of benzene rings is 1. The molecule has 1 aromatic carbocycles. The third-order valence-electron chi connectivity index (χ3n) is 6.70. The zero-order chi connectivity index (χ0) is 24.4. The number of aryl methyl sites for hydroxylation is 2. The average molecular weight is 499 g/mol. The summed E-state index contributed by atoms with van der Waals surface area (Å²) in [5.74, 6) is 2.92. The molecule has 0 radical (unpaired) electrons. The summed E-state index contributed by atoms with van der Waals surface area (Å²) in [6.45, 7) is 1.90. The van der Waals surface area contributed by atoms with Crippen molar-refractivity contribution in [2.24, 2.45) is 0 Å². The van der Waals surface area contributed by atoms with Crippen molar-refractivity contribution in [1.82, 2.24) is 9.97 Å². The number of anilines is 2. The van der Waals surface area contributed by atoms with Crippen molar-refractivity contribution < 1.29 is 24.1 Å². The zero-order valence-corrected chi connectivity index (χ0v) is 20.8. The van der Waals surface area contributed by atoms with E-state index in [0.29, 0.717) is 49.9 Å². The highest BCUT2D eigenvalue weighted by Gasteiger charge is 2.26. The van der Waals surface area contributed by atoms with Gasteiger partial charge in [-0.05, 0) is 48.9 Å². The van der Waals surface area contributed by atoms with E-state index in [1.54, 1.807) is 25.6 Å². The Balaban J connectivity index is 1.43. The molecule has 0 bridgehead atoms. The molecule has 3 aromatic rings. The van der Waals surface area contributed by atoms with Gasteiger partial charge in [0.15, 0.2) is 11.5 Å². The van der Waals surface area contributed by atoms with Crippen LogP contribution in [0.25, 0.3) is 10.2 Å². The summed E-state index contributed by atoms with van der Waals surface area (Å²) >= 11 is 1.78. The SMILES string of the molecule is COc1ccc(CNc2nc(N3CCC(OC(=O)O)CC3)nc3sc4c(c23)CCCC4)cc1OC. The molecule has 3 heterocycles. The number of carbonyl (C=O) groups is 1. The average Bonchev–Trinajstić information content (AvgIpc) is 3.26. The fraction of sp³-hybridized carbons (Fsp3) is 0.480. The highest BCUT2D eigenvalue weighted by Crippen LogP contribution is 2.40. The summed E-state index contributed by atoms with van der Waals surface area (Å²) in [6.07, 6.45) is 4.32. The normalized spacial score (nSPS) is 16.1. The number of fused-ring (bicyclic) bond motifs is 3. The summed E-state index contributed by atoms with van der Waals surface area (Å²) in [5.41, 5.74) is 2.44. The van der Waals surface area contributed by atoms with Gasteiger partial charge in [-0.1, -0.05) is 6.07 Å². The Hall–Kier alpha value is -3.27. The number of hydrogen-bond acceptors (Lipinski definition) is 9. The molecule has 186 valence electrons. The van der Waals surface area contributed by atoms with Crippen molar-refractivity contribution in [3.05, 3.63) is 34.2 Å². The molecular weight excluding hydrogens is 468 g/mol. The van der Waals surface area contributed by atoms with E-state index in [2.05, 4.69) is 10.2 Å². The summed E-state index contributed by atoms with van der Waals surface area (Å²) < 4.78 is 15.8. The first-order chi connectivity index (χ1) is 17.1. The van der Waals surface area contributed by atoms with E-state index in [4.69, 9.17) is 29.3 Å². The van der Waals surface area contributed by atoms with Crippen LogP contribution < -0.4 is 19.7 Å². The summed E-state index contributed by atoms with van der Waals surface area (Å²) in [5, 5.41) is 13.6. The summed E-state index contributed by atoms with van der Waals surface area (Å²) in [6, 6.07) is 5.90. The molecule has 2 N–H and O–H groups in total. The van der Waals surface area contributed by atoms with E-state index in [9.17, 15) is 4.79 Å². The molecule has 10 heteroatoms. The molecule has 1 aliphatic heterocycles. The number of nitrogens with zero attached hydrogens (tertiary/aromatic N) is 3. The van der Waals surface area contributed by atoms with Crippen molar-refractivity contribution in [2.75, 3.05) is 37.5 Å². The molecule has 0 atom stereocenters. The van der Waals surface area contributed by atoms with Gasteiger partial charge < -0.3 is 29.5 Å². The largest absolute Gasteiger partial charge is 0.506 e. The quantitative estimate of drug-likeness (QED) is 0.442. The van der Waals surface area contributed by atoms with Gasteiger partial charge in [-0.25, -0.2) is 9.78 Å². The van der Waals surface area contributed by atoms with Crippen molar-refractivity contribution in [3.63, 3.8) is 0 Å². The standard InChI is InChI=1S/C25H30N4O5S/c1-32-18-8-7-15(13-19(18)33-2)14-26-22-21-17-5-3-4-6-20(17)35-23(21)28-24(27-22)29-11-9-16(10-12-29)34-25(30)31/h7-8,13,16H,3-6,9-12,14H2,1-2H3,(H,30,31)(H,26,27,28). The molecule has 0 amide bonds. The van der Waals surface area contributed by atoms with Gasteiger partial charge in [-0.15, -0.1) is 11.3 Å². The second-order valence-electron chi connectivity index (χ2n) is 8.88. The minimum atomic E-state index is -1.22. The third-order valence-corrected chi connectivity index (χ3v) is 7.89. The molecule has 0 saturated carbocycles. The third kappa shape index (κ3) is 4.93. The lowest BCUT2D eigenvalue weighted by molar-refractivity contribution is 0.0415. The van der Waals surface area contributed by atoms with Crippen molar-refractivity contribution in [3.8, 4) is 11.5 Å². The van der Waals surface area contributed by atoms with Crippen LogP contribution in [0.5, 0.6) is 11.5 Å². The molecule has 5 rings (SSSR count). The maximum absolute atomic E-state index is 10.9. The van der Waals surface area contributed by atoms with Crippen molar-refractivity contribution >= 4 is 39.5 Å². The second kappa shape index (κ2) is 10.2. The highest BCUT2D eigenvalue weighted by atomic mass is 32.1. The minimum absolute atomic E-state index is 0.274. The first-order valence-corrected chi connectivity index (χ1v) is 12.8. The summed E-state index contributed by atoms with van der Waals surface area (Å²) in [4.78, 5) is 25.4. The molecule has 0 spiro atoms. The van der Waals surface area contributed by atoms with Crippen LogP contribution >= 0.6 is 11.3 Å². The van der Waals surface area contributed by atoms with Crippen LogP contribution in [0.15, 0.2) is 18.2 Å². The van der Waals surface area contributed by atoms with E-state index in [1.807, 2.05) is 18.2 Å². The van der Waals surface area contributed by atoms with Crippen LogP contribution in [0.4, 0.5) is 16.6 Å². The van der Waals surface area contributed by atoms with Crippen molar-refractivity contribution in [1.29, 1.82) is 0 Å². The number of hydrogen-bond donors (Lipinski definition) is 2. The first kappa shape index (κ1) is 23.5. The number of ether oxygens (including phenoxy) is 3. The predicted molar refractivity (Wildman–Crippen MR) is 135 cm³/mol. The van der Waals surface area contributed by atoms with Gasteiger partial charge in [0.2, 0.25) is 5.95 Å². The molecule has 9 nitrogen and oxygen atoms in total. The number of carboxylic acid groups (broad SMARTS) is 1. The Morgan fingerprint density at radius 2 is 1.91 bits per heavy atom. The topological polar surface area (TPSA) is 106 Å². The van der Waals surface area contributed by atoms with Gasteiger partial charge >= 0.3 is 6.16 Å². The van der Waals surface area contributed by atoms with Gasteiger partial charge in [0.05, 0.1) is 19.6 Å². The van der Waals surface area contributed by atoms with E-state index in [-0.39, 0.29) is 6.10 Å². The van der Waals surface area contributed by atoms with Gasteiger partial charge in [-0.3, -0.25) is 0 Å². The van der Waals surface area contributed by atoms with Crippen LogP contribution in [0, 0.1) is 0 Å². The molecule has 0 unspecified atom stereocenters. The smallest absolute Gasteiger partial charge is 0.493 e. The molecule has 1 fully saturated rings. The highest BCUT2D eigenvalue weighted by molar-refractivity contribution is 7.19.